The van der Waals surface area contributed by atoms with Gasteiger partial charge >= 0.3 is 5.97 Å². The Bertz CT molecular complexity index is 519. The molecule has 0 aliphatic heterocycles. The van der Waals surface area contributed by atoms with Crippen LogP contribution < -0.4 is 0 Å². The number of aromatic amines is 1. The summed E-state index contributed by atoms with van der Waals surface area (Å²) in [5.74, 6) is -0.954. The lowest BCUT2D eigenvalue weighted by atomic mass is 10.2. The molecule has 0 fully saturated rings. The van der Waals surface area contributed by atoms with Gasteiger partial charge in [-0.3, -0.25) is 0 Å². The number of hydrogen-bond donors (Lipinski definition) is 2. The van der Waals surface area contributed by atoms with Crippen molar-refractivity contribution in [2.45, 2.75) is 0 Å². The van der Waals surface area contributed by atoms with Crippen LogP contribution in [0.2, 0.25) is 0 Å². The van der Waals surface area contributed by atoms with Gasteiger partial charge in [-0.25, -0.2) is 4.79 Å². The predicted octanol–water partition coefficient (Wildman–Crippen LogP) is 3.39. The number of hydrogen-bond acceptors (Lipinski definition) is 1. The number of carboxylic acids is 1. The maximum Gasteiger partial charge on any atom is 0.352 e. The number of carboxylic acid groups (broad SMARTS) is 1. The zero-order chi connectivity index (χ0) is 10.3. The molecule has 0 bridgehead atoms. The molecule has 0 amide bonds. The first-order chi connectivity index (χ1) is 6.59. The van der Waals surface area contributed by atoms with E-state index in [9.17, 15) is 4.79 Å². The highest BCUT2D eigenvalue weighted by Gasteiger charge is 2.10. The van der Waals surface area contributed by atoms with Crippen LogP contribution in [0, 0.1) is 0 Å². The molecule has 1 aromatic carbocycles. The zero-order valence-electron chi connectivity index (χ0n) is 6.84. The highest BCUT2D eigenvalue weighted by molar-refractivity contribution is 9.13. The molecule has 0 unspecified atom stereocenters. The normalized spacial score (nSPS) is 10.7. The van der Waals surface area contributed by atoms with Crippen molar-refractivity contribution >= 4 is 48.7 Å². The topological polar surface area (TPSA) is 53.1 Å². The van der Waals surface area contributed by atoms with Crippen LogP contribution >= 0.6 is 31.9 Å². The number of benzene rings is 1. The Hall–Kier alpha value is -0.810. The van der Waals surface area contributed by atoms with Crippen LogP contribution in [0.25, 0.3) is 10.9 Å². The summed E-state index contributed by atoms with van der Waals surface area (Å²) >= 11 is 6.72. The summed E-state index contributed by atoms with van der Waals surface area (Å²) in [4.78, 5) is 13.5. The van der Waals surface area contributed by atoms with E-state index in [1.54, 1.807) is 6.07 Å². The predicted molar refractivity (Wildman–Crippen MR) is 60.7 cm³/mol. The van der Waals surface area contributed by atoms with E-state index in [0.717, 1.165) is 19.8 Å². The second-order valence-corrected chi connectivity index (χ2v) is 4.46. The third-order valence-electron chi connectivity index (χ3n) is 1.92. The first-order valence-corrected chi connectivity index (χ1v) is 5.38. The van der Waals surface area contributed by atoms with Crippen molar-refractivity contribution in [1.82, 2.24) is 4.98 Å². The van der Waals surface area contributed by atoms with Gasteiger partial charge in [0.1, 0.15) is 5.69 Å². The average molecular weight is 319 g/mol. The summed E-state index contributed by atoms with van der Waals surface area (Å²) in [6.45, 7) is 0. The van der Waals surface area contributed by atoms with Crippen molar-refractivity contribution in [3.8, 4) is 0 Å². The van der Waals surface area contributed by atoms with E-state index in [1.165, 1.54) is 0 Å². The highest BCUT2D eigenvalue weighted by Crippen LogP contribution is 2.31. The number of H-pyrrole nitrogens is 1. The second-order valence-electron chi connectivity index (χ2n) is 2.81. The Labute approximate surface area is 96.4 Å². The first-order valence-electron chi connectivity index (χ1n) is 3.79. The molecule has 0 saturated carbocycles. The molecule has 1 aromatic heterocycles. The molecule has 0 atom stereocenters. The Morgan fingerprint density at radius 2 is 2.07 bits per heavy atom. The van der Waals surface area contributed by atoms with Gasteiger partial charge in [0.2, 0.25) is 0 Å². The van der Waals surface area contributed by atoms with E-state index in [-0.39, 0.29) is 5.69 Å². The van der Waals surface area contributed by atoms with Gasteiger partial charge < -0.3 is 10.1 Å². The first kappa shape index (κ1) is 9.73. The number of aromatic carboxylic acids is 1. The molecular weight excluding hydrogens is 314 g/mol. The molecule has 3 nitrogen and oxygen atoms in total. The lowest BCUT2D eigenvalue weighted by Gasteiger charge is -1.96. The van der Waals surface area contributed by atoms with Crippen LogP contribution in [-0.2, 0) is 0 Å². The largest absolute Gasteiger partial charge is 0.477 e. The number of rotatable bonds is 1. The zero-order valence-corrected chi connectivity index (χ0v) is 10.0. The third kappa shape index (κ3) is 1.46. The smallest absolute Gasteiger partial charge is 0.352 e. The average Bonchev–Trinajstić information content (AvgIpc) is 2.56. The molecular formula is C9H5Br2NO2. The van der Waals surface area contributed by atoms with Crippen molar-refractivity contribution < 1.29 is 9.90 Å². The fraction of sp³-hybridized carbons (Fsp3) is 0. The van der Waals surface area contributed by atoms with Crippen LogP contribution in [0.3, 0.4) is 0 Å². The summed E-state index contributed by atoms with van der Waals surface area (Å²) in [5.41, 5.74) is 0.982. The van der Waals surface area contributed by atoms with Gasteiger partial charge in [0.15, 0.2) is 0 Å². The standard InChI is InChI=1S/C9H5Br2NO2/c10-5-2-1-4-3-6(9(13)14)12-8(4)7(5)11/h1-3,12H,(H,13,14). The molecule has 0 aliphatic rings. The van der Waals surface area contributed by atoms with Crippen LogP contribution in [0.1, 0.15) is 10.5 Å². The van der Waals surface area contributed by atoms with E-state index in [1.807, 2.05) is 12.1 Å². The van der Waals surface area contributed by atoms with Gasteiger partial charge in [-0.15, -0.1) is 0 Å². The number of fused-ring (bicyclic) bond motifs is 1. The Morgan fingerprint density at radius 1 is 1.36 bits per heavy atom. The van der Waals surface area contributed by atoms with Crippen molar-refractivity contribution in [3.05, 3.63) is 32.8 Å². The summed E-state index contributed by atoms with van der Waals surface area (Å²) in [5, 5.41) is 9.66. The van der Waals surface area contributed by atoms with Gasteiger partial charge in [0.25, 0.3) is 0 Å². The molecule has 0 radical (unpaired) electrons. The van der Waals surface area contributed by atoms with E-state index in [0.29, 0.717) is 0 Å². The van der Waals surface area contributed by atoms with E-state index in [4.69, 9.17) is 5.11 Å². The van der Waals surface area contributed by atoms with Crippen molar-refractivity contribution in [2.75, 3.05) is 0 Å². The molecule has 72 valence electrons. The summed E-state index contributed by atoms with van der Waals surface area (Å²) in [6, 6.07) is 5.33. The lowest BCUT2D eigenvalue weighted by molar-refractivity contribution is 0.0691. The fourth-order valence-corrected chi connectivity index (χ4v) is 2.04. The highest BCUT2D eigenvalue weighted by atomic mass is 79.9. The number of carbonyl (C=O) groups is 1. The van der Waals surface area contributed by atoms with Gasteiger partial charge in [-0.2, -0.15) is 0 Å². The molecule has 5 heteroatoms. The molecule has 1 heterocycles. The monoisotopic (exact) mass is 317 g/mol. The Balaban J connectivity index is 2.77. The van der Waals surface area contributed by atoms with Crippen LogP contribution in [0.15, 0.2) is 27.1 Å². The Kier molecular flexibility index (Phi) is 2.36. The van der Waals surface area contributed by atoms with Crippen LogP contribution in [0.5, 0.6) is 0 Å². The minimum absolute atomic E-state index is 0.193. The molecule has 2 N–H and O–H groups in total. The summed E-state index contributed by atoms with van der Waals surface area (Å²) in [6.07, 6.45) is 0. The van der Waals surface area contributed by atoms with E-state index >= 15 is 0 Å². The van der Waals surface area contributed by atoms with Gasteiger partial charge in [0, 0.05) is 9.86 Å². The molecule has 0 spiro atoms. The minimum Gasteiger partial charge on any atom is -0.477 e. The maximum atomic E-state index is 10.7. The minimum atomic E-state index is -0.954. The van der Waals surface area contributed by atoms with Crippen molar-refractivity contribution in [2.24, 2.45) is 0 Å². The SMILES string of the molecule is O=C(O)c1cc2ccc(Br)c(Br)c2[nH]1. The summed E-state index contributed by atoms with van der Waals surface area (Å²) < 4.78 is 1.73. The van der Waals surface area contributed by atoms with E-state index < -0.39 is 5.97 Å². The molecule has 0 aliphatic carbocycles. The van der Waals surface area contributed by atoms with Crippen LogP contribution in [-0.4, -0.2) is 16.1 Å². The number of nitrogens with one attached hydrogen (secondary N) is 1. The molecule has 2 aromatic rings. The number of halogens is 2. The van der Waals surface area contributed by atoms with Gasteiger partial charge in [-0.1, -0.05) is 6.07 Å². The molecule has 14 heavy (non-hydrogen) atoms. The maximum absolute atomic E-state index is 10.7. The van der Waals surface area contributed by atoms with Crippen molar-refractivity contribution in [3.63, 3.8) is 0 Å². The lowest BCUT2D eigenvalue weighted by Crippen LogP contribution is -1.94. The second kappa shape index (κ2) is 3.40. The third-order valence-corrected chi connectivity index (χ3v) is 3.93. The Morgan fingerprint density at radius 3 is 2.71 bits per heavy atom. The summed E-state index contributed by atoms with van der Waals surface area (Å²) in [7, 11) is 0. The molecule has 2 rings (SSSR count). The van der Waals surface area contributed by atoms with Crippen LogP contribution in [0.4, 0.5) is 0 Å². The van der Waals surface area contributed by atoms with Gasteiger partial charge in [-0.05, 0) is 44.0 Å². The molecule has 0 saturated heterocycles. The number of aromatic nitrogens is 1. The van der Waals surface area contributed by atoms with Gasteiger partial charge in [0.05, 0.1) is 9.99 Å². The van der Waals surface area contributed by atoms with Crippen molar-refractivity contribution in [1.29, 1.82) is 0 Å². The quantitative estimate of drug-likeness (QED) is 0.846. The fourth-order valence-electron chi connectivity index (χ4n) is 1.25. The van der Waals surface area contributed by atoms with E-state index in [2.05, 4.69) is 36.8 Å².